The first kappa shape index (κ1) is 19.7. The molecule has 1 atom stereocenters. The third-order valence-corrected chi connectivity index (χ3v) is 5.33. The van der Waals surface area contributed by atoms with E-state index >= 15 is 0 Å². The second-order valence-electron chi connectivity index (χ2n) is 6.33. The van der Waals surface area contributed by atoms with Crippen LogP contribution in [0.5, 0.6) is 0 Å². The van der Waals surface area contributed by atoms with Crippen LogP contribution in [0, 0.1) is 6.92 Å². The Balaban J connectivity index is 2.34. The Labute approximate surface area is 162 Å². The maximum atomic E-state index is 13.1. The van der Waals surface area contributed by atoms with Gasteiger partial charge >= 0.3 is 0 Å². The molecule has 28 heavy (non-hydrogen) atoms. The molecule has 0 fully saturated rings. The minimum absolute atomic E-state index is 0.0298. The number of hydrogen-bond acceptors (Lipinski definition) is 5. The Morgan fingerprint density at radius 1 is 1.00 bits per heavy atom. The molecule has 3 rings (SSSR count). The molecule has 0 bridgehead atoms. The number of hydrogen-bond donors (Lipinski definition) is 1. The van der Waals surface area contributed by atoms with Gasteiger partial charge < -0.3 is 0 Å². The molecule has 8 heteroatoms. The van der Waals surface area contributed by atoms with E-state index in [2.05, 4.69) is 4.98 Å². The summed E-state index contributed by atoms with van der Waals surface area (Å²) < 4.78 is 26.2. The van der Waals surface area contributed by atoms with Crippen LogP contribution in [0.1, 0.15) is 38.8 Å². The number of imidazole rings is 1. The lowest BCUT2D eigenvalue weighted by Gasteiger charge is -2.20. The minimum Gasteiger partial charge on any atom is -0.295 e. The third-order valence-electron chi connectivity index (χ3n) is 4.28. The summed E-state index contributed by atoms with van der Waals surface area (Å²) in [6.07, 6.45) is 0. The van der Waals surface area contributed by atoms with Crippen LogP contribution in [0.4, 0.5) is 0 Å². The molecule has 0 radical (unpaired) electrons. The van der Waals surface area contributed by atoms with E-state index in [0.717, 1.165) is 4.57 Å². The number of carbonyl (C=O) groups is 2. The molecule has 0 amide bonds. The van der Waals surface area contributed by atoms with E-state index in [4.69, 9.17) is 5.14 Å². The molecular formula is C20H19N3O4S. The number of sulfonamides is 1. The molecule has 7 nitrogen and oxygen atoms in total. The largest absolute Gasteiger partial charge is 0.295 e. The predicted octanol–water partition coefficient (Wildman–Crippen LogP) is 2.73. The summed E-state index contributed by atoms with van der Waals surface area (Å²) in [6, 6.07) is 16.7. The molecule has 2 aromatic carbocycles. The van der Waals surface area contributed by atoms with Crippen LogP contribution in [0.25, 0.3) is 11.4 Å². The van der Waals surface area contributed by atoms with Gasteiger partial charge in [0.2, 0.25) is 21.2 Å². The number of aromatic nitrogens is 2. The molecule has 0 aliphatic heterocycles. The first-order valence-corrected chi connectivity index (χ1v) is 10.1. The number of rotatable bonds is 6. The summed E-state index contributed by atoms with van der Waals surface area (Å²) in [5.74, 6) is -0.964. The Morgan fingerprint density at radius 3 is 2.04 bits per heavy atom. The van der Waals surface area contributed by atoms with Crippen molar-refractivity contribution in [3.63, 3.8) is 0 Å². The Kier molecular flexibility index (Phi) is 5.26. The number of carbonyl (C=O) groups excluding carboxylic acids is 2. The fraction of sp³-hybridized carbons (Fsp3) is 0.150. The number of benzene rings is 2. The Hall–Kier alpha value is -3.10. The molecular weight excluding hydrogens is 378 g/mol. The fourth-order valence-electron chi connectivity index (χ4n) is 3.15. The van der Waals surface area contributed by atoms with Gasteiger partial charge in [-0.15, -0.1) is 0 Å². The van der Waals surface area contributed by atoms with Gasteiger partial charge in [-0.25, -0.2) is 18.5 Å². The average molecular weight is 397 g/mol. The summed E-state index contributed by atoms with van der Waals surface area (Å²) in [4.78, 5) is 29.8. The van der Waals surface area contributed by atoms with Gasteiger partial charge in [-0.2, -0.15) is 0 Å². The van der Waals surface area contributed by atoms with E-state index in [-0.39, 0.29) is 17.1 Å². The lowest BCUT2D eigenvalue weighted by molar-refractivity contribution is 0.0958. The third kappa shape index (κ3) is 3.64. The summed E-state index contributed by atoms with van der Waals surface area (Å²) in [5.41, 5.74) is 1.08. The highest BCUT2D eigenvalue weighted by atomic mass is 32.2. The number of nitrogens with two attached hydrogens (primary N) is 1. The maximum absolute atomic E-state index is 13.1. The van der Waals surface area contributed by atoms with Gasteiger partial charge in [0.1, 0.15) is 11.5 Å². The predicted molar refractivity (Wildman–Crippen MR) is 105 cm³/mol. The zero-order chi connectivity index (χ0) is 20.5. The lowest BCUT2D eigenvalue weighted by atomic mass is 10.1. The van der Waals surface area contributed by atoms with Gasteiger partial charge in [-0.3, -0.25) is 14.2 Å². The van der Waals surface area contributed by atoms with Crippen molar-refractivity contribution in [1.82, 2.24) is 9.55 Å². The van der Waals surface area contributed by atoms with E-state index in [1.165, 1.54) is 19.1 Å². The van der Waals surface area contributed by atoms with Crippen LogP contribution in [0.2, 0.25) is 0 Å². The highest BCUT2D eigenvalue weighted by molar-refractivity contribution is 7.89. The van der Waals surface area contributed by atoms with Gasteiger partial charge in [0.15, 0.2) is 5.78 Å². The molecule has 0 aliphatic rings. The normalized spacial score (nSPS) is 12.5. The van der Waals surface area contributed by atoms with Gasteiger partial charge in [0.05, 0.1) is 5.69 Å². The number of Topliss-reactive ketones (excluding diaryl/α,β-unsaturated/α-hetero) is 2. The zero-order valence-electron chi connectivity index (χ0n) is 15.4. The van der Waals surface area contributed by atoms with Crippen molar-refractivity contribution in [2.75, 3.05) is 0 Å². The first-order chi connectivity index (χ1) is 13.2. The van der Waals surface area contributed by atoms with E-state index < -0.39 is 27.0 Å². The van der Waals surface area contributed by atoms with Crippen molar-refractivity contribution in [1.29, 1.82) is 0 Å². The quantitative estimate of drug-likeness (QED) is 0.643. The molecule has 0 saturated carbocycles. The molecule has 144 valence electrons. The van der Waals surface area contributed by atoms with E-state index in [1.807, 2.05) is 0 Å². The standard InChI is InChI=1S/C20H19N3O4S/c1-13-17(14(2)24)23(19(22-13)16-11-7-4-8-12-16)20(28(21,26)27)18(25)15-9-5-3-6-10-15/h3-12,20H,1-2H3,(H2,21,26,27). The van der Waals surface area contributed by atoms with Crippen LogP contribution < -0.4 is 5.14 Å². The van der Waals surface area contributed by atoms with Crippen LogP contribution in [0.15, 0.2) is 60.7 Å². The molecule has 1 aromatic heterocycles. The van der Waals surface area contributed by atoms with E-state index in [9.17, 15) is 18.0 Å². The topological polar surface area (TPSA) is 112 Å². The van der Waals surface area contributed by atoms with Crippen molar-refractivity contribution >= 4 is 21.6 Å². The number of primary sulfonamides is 1. The van der Waals surface area contributed by atoms with Gasteiger partial charge in [-0.1, -0.05) is 60.7 Å². The SMILES string of the molecule is CC(=O)c1c(C)nc(-c2ccccc2)n1C(C(=O)c1ccccc1)S(N)(=O)=O. The number of ketones is 2. The summed E-state index contributed by atoms with van der Waals surface area (Å²) in [6.45, 7) is 2.88. The molecule has 2 N–H and O–H groups in total. The zero-order valence-corrected chi connectivity index (χ0v) is 16.2. The second-order valence-corrected chi connectivity index (χ2v) is 7.96. The summed E-state index contributed by atoms with van der Waals surface area (Å²) in [7, 11) is -4.42. The molecule has 3 aromatic rings. The van der Waals surface area contributed by atoms with Gasteiger partial charge in [0, 0.05) is 18.1 Å². The number of aryl methyl sites for hydroxylation is 1. The average Bonchev–Trinajstić information content (AvgIpc) is 2.99. The molecule has 1 unspecified atom stereocenters. The fourth-order valence-corrected chi connectivity index (χ4v) is 4.08. The molecule has 0 saturated heterocycles. The van der Waals surface area contributed by atoms with Crippen LogP contribution in [-0.2, 0) is 10.0 Å². The van der Waals surface area contributed by atoms with Crippen molar-refractivity contribution in [2.24, 2.45) is 5.14 Å². The van der Waals surface area contributed by atoms with E-state index in [1.54, 1.807) is 55.5 Å². The molecule has 0 aliphatic carbocycles. The van der Waals surface area contributed by atoms with Crippen molar-refractivity contribution in [2.45, 2.75) is 19.2 Å². The second kappa shape index (κ2) is 7.49. The lowest BCUT2D eigenvalue weighted by Crippen LogP contribution is -2.35. The van der Waals surface area contributed by atoms with Crippen LogP contribution >= 0.6 is 0 Å². The van der Waals surface area contributed by atoms with E-state index in [0.29, 0.717) is 11.3 Å². The highest BCUT2D eigenvalue weighted by Gasteiger charge is 2.37. The summed E-state index contributed by atoms with van der Waals surface area (Å²) in [5, 5.41) is 3.65. The first-order valence-electron chi connectivity index (χ1n) is 8.48. The summed E-state index contributed by atoms with van der Waals surface area (Å²) >= 11 is 0. The maximum Gasteiger partial charge on any atom is 0.238 e. The molecule has 0 spiro atoms. The van der Waals surface area contributed by atoms with Gasteiger partial charge in [-0.05, 0) is 6.92 Å². The van der Waals surface area contributed by atoms with Crippen molar-refractivity contribution < 1.29 is 18.0 Å². The highest BCUT2D eigenvalue weighted by Crippen LogP contribution is 2.30. The van der Waals surface area contributed by atoms with Crippen LogP contribution in [0.3, 0.4) is 0 Å². The Bertz CT molecular complexity index is 1140. The Morgan fingerprint density at radius 2 is 1.54 bits per heavy atom. The van der Waals surface area contributed by atoms with Gasteiger partial charge in [0.25, 0.3) is 0 Å². The number of nitrogens with zero attached hydrogens (tertiary/aromatic N) is 2. The monoisotopic (exact) mass is 397 g/mol. The van der Waals surface area contributed by atoms with Crippen LogP contribution in [-0.4, -0.2) is 29.5 Å². The smallest absolute Gasteiger partial charge is 0.238 e. The van der Waals surface area contributed by atoms with Crippen molar-refractivity contribution in [3.05, 3.63) is 77.6 Å². The van der Waals surface area contributed by atoms with Crippen molar-refractivity contribution in [3.8, 4) is 11.4 Å². The minimum atomic E-state index is -4.42. The molecule has 1 heterocycles.